The third-order valence-corrected chi connectivity index (χ3v) is 4.77. The zero-order chi connectivity index (χ0) is 13.0. The lowest BCUT2D eigenvalue weighted by Gasteiger charge is -2.24. The highest BCUT2D eigenvalue weighted by molar-refractivity contribution is 5.23. The third-order valence-electron chi connectivity index (χ3n) is 4.77. The van der Waals surface area contributed by atoms with Crippen LogP contribution in [0.5, 0.6) is 0 Å². The van der Waals surface area contributed by atoms with E-state index in [9.17, 15) is 5.11 Å². The number of hydrogen-bond donors (Lipinski definition) is 1. The number of aliphatic hydroxyl groups excluding tert-OH is 1. The summed E-state index contributed by atoms with van der Waals surface area (Å²) in [6, 6.07) is 0. The van der Waals surface area contributed by atoms with E-state index in [2.05, 4.69) is 38.2 Å². The minimum Gasteiger partial charge on any atom is -0.393 e. The van der Waals surface area contributed by atoms with Crippen molar-refractivity contribution in [3.63, 3.8) is 0 Å². The first-order valence-electron chi connectivity index (χ1n) is 7.69. The highest BCUT2D eigenvalue weighted by Gasteiger charge is 2.44. The van der Waals surface area contributed by atoms with E-state index in [4.69, 9.17) is 0 Å². The van der Waals surface area contributed by atoms with E-state index in [1.807, 2.05) is 0 Å². The third kappa shape index (κ3) is 3.06. The fourth-order valence-electron chi connectivity index (χ4n) is 3.63. The van der Waals surface area contributed by atoms with Gasteiger partial charge in [-0.2, -0.15) is 0 Å². The van der Waals surface area contributed by atoms with Gasteiger partial charge in [0.1, 0.15) is 0 Å². The van der Waals surface area contributed by atoms with Crippen LogP contribution in [0.3, 0.4) is 0 Å². The molecule has 4 atom stereocenters. The van der Waals surface area contributed by atoms with Crippen LogP contribution in [-0.4, -0.2) is 11.2 Å². The molecule has 2 rings (SSSR count). The fraction of sp³-hybridized carbons (Fsp3) is 0.765. The summed E-state index contributed by atoms with van der Waals surface area (Å²) >= 11 is 0. The summed E-state index contributed by atoms with van der Waals surface area (Å²) < 4.78 is 0. The van der Waals surface area contributed by atoms with Gasteiger partial charge in [-0.05, 0) is 37.5 Å². The summed E-state index contributed by atoms with van der Waals surface area (Å²) in [5.74, 6) is 1.46. The standard InChI is InChI=1S/C17H28O/c1-3-4-7-14(2)8-5-10-17-11-6-9-15(17)12-16(18)13-17/h5-6,10-11,14-16,18H,3-4,7-9,12-13H2,1-2H3/b10-5+/t14-,15?,16?,17?/m1/s1. The number of rotatable bonds is 6. The molecule has 0 aromatic carbocycles. The molecule has 2 aliphatic carbocycles. The molecule has 1 heteroatoms. The predicted molar refractivity (Wildman–Crippen MR) is 77.4 cm³/mol. The molecule has 0 aromatic rings. The van der Waals surface area contributed by atoms with Gasteiger partial charge in [-0.15, -0.1) is 0 Å². The molecule has 0 heterocycles. The number of fused-ring (bicyclic) bond motifs is 1. The molecule has 1 N–H and O–H groups in total. The molecular formula is C17H28O. The Morgan fingerprint density at radius 2 is 2.33 bits per heavy atom. The molecule has 3 unspecified atom stereocenters. The van der Waals surface area contributed by atoms with Crippen molar-refractivity contribution in [1.82, 2.24) is 0 Å². The van der Waals surface area contributed by atoms with Crippen molar-refractivity contribution in [2.24, 2.45) is 17.3 Å². The molecule has 0 amide bonds. The Balaban J connectivity index is 1.86. The van der Waals surface area contributed by atoms with Gasteiger partial charge in [-0.25, -0.2) is 0 Å². The second-order valence-corrected chi connectivity index (χ2v) is 6.43. The lowest BCUT2D eigenvalue weighted by atomic mass is 9.80. The molecule has 18 heavy (non-hydrogen) atoms. The van der Waals surface area contributed by atoms with Gasteiger partial charge in [0.05, 0.1) is 6.10 Å². The first-order chi connectivity index (χ1) is 8.66. The first-order valence-corrected chi connectivity index (χ1v) is 7.69. The minimum atomic E-state index is -0.0814. The van der Waals surface area contributed by atoms with Gasteiger partial charge in [0, 0.05) is 5.41 Å². The maximum absolute atomic E-state index is 9.86. The van der Waals surface area contributed by atoms with Gasteiger partial charge in [0.25, 0.3) is 0 Å². The summed E-state index contributed by atoms with van der Waals surface area (Å²) in [6.07, 6.45) is 17.6. The molecule has 0 aliphatic heterocycles. The summed E-state index contributed by atoms with van der Waals surface area (Å²) in [7, 11) is 0. The van der Waals surface area contributed by atoms with Crippen LogP contribution < -0.4 is 0 Å². The number of aliphatic hydroxyl groups is 1. The first kappa shape index (κ1) is 13.9. The van der Waals surface area contributed by atoms with Crippen LogP contribution in [0.25, 0.3) is 0 Å². The fourth-order valence-corrected chi connectivity index (χ4v) is 3.63. The smallest absolute Gasteiger partial charge is 0.0554 e. The van der Waals surface area contributed by atoms with Crippen molar-refractivity contribution < 1.29 is 5.11 Å². The Morgan fingerprint density at radius 3 is 3.11 bits per heavy atom. The summed E-state index contributed by atoms with van der Waals surface area (Å²) in [5.41, 5.74) is 0.198. The number of hydrogen-bond acceptors (Lipinski definition) is 1. The van der Waals surface area contributed by atoms with Gasteiger partial charge >= 0.3 is 0 Å². The van der Waals surface area contributed by atoms with Gasteiger partial charge in [-0.3, -0.25) is 0 Å². The van der Waals surface area contributed by atoms with E-state index in [-0.39, 0.29) is 11.5 Å². The molecule has 1 nitrogen and oxygen atoms in total. The molecule has 1 fully saturated rings. The Kier molecular flexibility index (Phi) is 4.66. The number of unbranched alkanes of at least 4 members (excludes halogenated alkanes) is 1. The molecule has 102 valence electrons. The normalized spacial score (nSPS) is 36.4. The van der Waals surface area contributed by atoms with E-state index >= 15 is 0 Å². The van der Waals surface area contributed by atoms with Crippen LogP contribution in [0.2, 0.25) is 0 Å². The largest absolute Gasteiger partial charge is 0.393 e. The lowest BCUT2D eigenvalue weighted by molar-refractivity contribution is 0.173. The molecule has 0 radical (unpaired) electrons. The maximum Gasteiger partial charge on any atom is 0.0554 e. The zero-order valence-electron chi connectivity index (χ0n) is 11.9. The average molecular weight is 248 g/mol. The van der Waals surface area contributed by atoms with Crippen molar-refractivity contribution in [1.29, 1.82) is 0 Å². The van der Waals surface area contributed by atoms with Gasteiger partial charge in [0.2, 0.25) is 0 Å². The molecular weight excluding hydrogens is 220 g/mol. The quantitative estimate of drug-likeness (QED) is 0.687. The van der Waals surface area contributed by atoms with E-state index in [0.29, 0.717) is 5.92 Å². The molecule has 0 aromatic heterocycles. The van der Waals surface area contributed by atoms with Crippen molar-refractivity contribution in [3.05, 3.63) is 24.3 Å². The van der Waals surface area contributed by atoms with Crippen LogP contribution in [-0.2, 0) is 0 Å². The second kappa shape index (κ2) is 6.06. The highest BCUT2D eigenvalue weighted by Crippen LogP contribution is 2.51. The Hall–Kier alpha value is -0.560. The van der Waals surface area contributed by atoms with Crippen molar-refractivity contribution >= 4 is 0 Å². The topological polar surface area (TPSA) is 20.2 Å². The lowest BCUT2D eigenvalue weighted by Crippen LogP contribution is -2.16. The van der Waals surface area contributed by atoms with E-state index < -0.39 is 0 Å². The molecule has 2 aliphatic rings. The van der Waals surface area contributed by atoms with E-state index in [1.54, 1.807) is 0 Å². The molecule has 0 saturated heterocycles. The van der Waals surface area contributed by atoms with Gasteiger partial charge in [0.15, 0.2) is 0 Å². The number of allylic oxidation sites excluding steroid dienone is 4. The van der Waals surface area contributed by atoms with Crippen molar-refractivity contribution in [2.75, 3.05) is 0 Å². The van der Waals surface area contributed by atoms with E-state index in [1.165, 1.54) is 25.7 Å². The SMILES string of the molecule is CCCC[C@@H](C)C/C=C/C12C=CCC1CC(O)C2. The Morgan fingerprint density at radius 1 is 1.50 bits per heavy atom. The summed E-state index contributed by atoms with van der Waals surface area (Å²) in [5, 5.41) is 9.86. The molecule has 0 bridgehead atoms. The van der Waals surface area contributed by atoms with Crippen LogP contribution >= 0.6 is 0 Å². The maximum atomic E-state index is 9.86. The molecule has 1 saturated carbocycles. The minimum absolute atomic E-state index is 0.0814. The van der Waals surface area contributed by atoms with Gasteiger partial charge < -0.3 is 5.11 Å². The summed E-state index contributed by atoms with van der Waals surface area (Å²) in [6.45, 7) is 4.61. The Labute approximate surface area is 112 Å². The van der Waals surface area contributed by atoms with Crippen molar-refractivity contribution in [3.8, 4) is 0 Å². The van der Waals surface area contributed by atoms with Crippen LogP contribution in [0.4, 0.5) is 0 Å². The average Bonchev–Trinajstić information content (AvgIpc) is 2.82. The predicted octanol–water partition coefficient (Wildman–Crippen LogP) is 4.48. The molecule has 0 spiro atoms. The second-order valence-electron chi connectivity index (χ2n) is 6.43. The zero-order valence-corrected chi connectivity index (χ0v) is 11.9. The Bertz CT molecular complexity index is 318. The van der Waals surface area contributed by atoms with E-state index in [0.717, 1.165) is 25.2 Å². The highest BCUT2D eigenvalue weighted by atomic mass is 16.3. The van der Waals surface area contributed by atoms with Crippen LogP contribution in [0, 0.1) is 17.3 Å². The summed E-state index contributed by atoms with van der Waals surface area (Å²) in [4.78, 5) is 0. The van der Waals surface area contributed by atoms with Crippen LogP contribution in [0.1, 0.15) is 58.8 Å². The van der Waals surface area contributed by atoms with Crippen molar-refractivity contribution in [2.45, 2.75) is 64.9 Å². The van der Waals surface area contributed by atoms with Crippen LogP contribution in [0.15, 0.2) is 24.3 Å². The van der Waals surface area contributed by atoms with Gasteiger partial charge in [-0.1, -0.05) is 57.4 Å². The monoisotopic (exact) mass is 248 g/mol.